The third-order valence-corrected chi connectivity index (χ3v) is 3.89. The molecule has 0 aromatic heterocycles. The lowest BCUT2D eigenvalue weighted by Crippen LogP contribution is -2.06. The minimum atomic E-state index is -1.64. The Morgan fingerprint density at radius 1 is 1.00 bits per heavy atom. The highest BCUT2D eigenvalue weighted by Gasteiger charge is 2.22. The molecule has 1 unspecified atom stereocenters. The van der Waals surface area contributed by atoms with Crippen LogP contribution in [-0.4, -0.2) is 5.11 Å². The molecule has 19 heavy (non-hydrogen) atoms. The highest BCUT2D eigenvalue weighted by atomic mass is 79.9. The minimum absolute atomic E-state index is 0.224. The molecule has 1 atom stereocenters. The van der Waals surface area contributed by atoms with Crippen LogP contribution in [-0.2, 0) is 0 Å². The molecule has 0 aliphatic heterocycles. The van der Waals surface area contributed by atoms with Crippen LogP contribution in [0.25, 0.3) is 0 Å². The highest BCUT2D eigenvalue weighted by molar-refractivity contribution is 9.10. The number of aliphatic hydroxyl groups excluding tert-OH is 1. The summed E-state index contributed by atoms with van der Waals surface area (Å²) in [5, 5.41) is 9.74. The van der Waals surface area contributed by atoms with Crippen molar-refractivity contribution in [3.63, 3.8) is 0 Å². The van der Waals surface area contributed by atoms with E-state index in [-0.39, 0.29) is 16.1 Å². The van der Waals surface area contributed by atoms with Crippen LogP contribution in [0.1, 0.15) is 17.2 Å². The second kappa shape index (κ2) is 5.53. The second-order valence-corrected chi connectivity index (χ2v) is 5.04. The molecule has 2 aromatic carbocycles. The van der Waals surface area contributed by atoms with Crippen molar-refractivity contribution in [2.45, 2.75) is 6.10 Å². The number of hydrogen-bond donors (Lipinski definition) is 1. The highest BCUT2D eigenvalue weighted by Crippen LogP contribution is 2.33. The Hall–Kier alpha value is -1.04. The Morgan fingerprint density at radius 3 is 2.32 bits per heavy atom. The van der Waals surface area contributed by atoms with E-state index in [1.807, 2.05) is 0 Å². The summed E-state index contributed by atoms with van der Waals surface area (Å²) in [5.74, 6) is -3.21. The van der Waals surface area contributed by atoms with E-state index < -0.39 is 23.6 Å². The first-order valence-electron chi connectivity index (χ1n) is 5.19. The van der Waals surface area contributed by atoms with E-state index in [2.05, 4.69) is 15.9 Å². The Balaban J connectivity index is 2.53. The Labute approximate surface area is 120 Å². The minimum Gasteiger partial charge on any atom is -0.383 e. The first-order valence-corrected chi connectivity index (χ1v) is 6.36. The maximum Gasteiger partial charge on any atom is 0.164 e. The van der Waals surface area contributed by atoms with Gasteiger partial charge in [0.25, 0.3) is 0 Å². The topological polar surface area (TPSA) is 20.2 Å². The molecule has 100 valence electrons. The van der Waals surface area contributed by atoms with Gasteiger partial charge < -0.3 is 5.11 Å². The number of hydrogen-bond acceptors (Lipinski definition) is 1. The van der Waals surface area contributed by atoms with E-state index in [0.29, 0.717) is 4.47 Å². The monoisotopic (exact) mass is 350 g/mol. The molecule has 0 aliphatic rings. The fourth-order valence-electron chi connectivity index (χ4n) is 1.65. The average Bonchev–Trinajstić information content (AvgIpc) is 2.39. The van der Waals surface area contributed by atoms with Gasteiger partial charge in [-0.2, -0.15) is 0 Å². The van der Waals surface area contributed by atoms with Crippen LogP contribution in [0.4, 0.5) is 13.2 Å². The Bertz CT molecular complexity index is 634. The lowest BCUT2D eigenvalue weighted by molar-refractivity contribution is 0.208. The van der Waals surface area contributed by atoms with Gasteiger partial charge in [0, 0.05) is 15.6 Å². The van der Waals surface area contributed by atoms with Gasteiger partial charge in [0.2, 0.25) is 0 Å². The van der Waals surface area contributed by atoms with Gasteiger partial charge in [0.15, 0.2) is 11.6 Å². The molecule has 0 saturated heterocycles. The van der Waals surface area contributed by atoms with Gasteiger partial charge in [-0.25, -0.2) is 13.2 Å². The summed E-state index contributed by atoms with van der Waals surface area (Å²) in [6, 6.07) is 5.99. The standard InChI is InChI=1S/C13H7BrClF3O/c14-8-5-4-7(12(18)10(8)15)13(19)6-2-1-3-9(16)11(6)17/h1-5,13,19H. The summed E-state index contributed by atoms with van der Waals surface area (Å²) in [7, 11) is 0. The lowest BCUT2D eigenvalue weighted by Gasteiger charge is -2.14. The van der Waals surface area contributed by atoms with Gasteiger partial charge in [-0.1, -0.05) is 29.8 Å². The summed E-state index contributed by atoms with van der Waals surface area (Å²) in [6.07, 6.45) is -1.64. The van der Waals surface area contributed by atoms with Gasteiger partial charge in [-0.05, 0) is 28.1 Å². The Kier molecular flexibility index (Phi) is 4.18. The summed E-state index contributed by atoms with van der Waals surface area (Å²) >= 11 is 8.71. The largest absolute Gasteiger partial charge is 0.383 e. The van der Waals surface area contributed by atoms with Crippen molar-refractivity contribution < 1.29 is 18.3 Å². The maximum absolute atomic E-state index is 13.9. The van der Waals surface area contributed by atoms with E-state index in [1.165, 1.54) is 24.3 Å². The van der Waals surface area contributed by atoms with Crippen LogP contribution in [0, 0.1) is 17.5 Å². The maximum atomic E-state index is 13.9. The van der Waals surface area contributed by atoms with Crippen LogP contribution in [0.15, 0.2) is 34.8 Å². The molecule has 1 N–H and O–H groups in total. The Morgan fingerprint density at radius 2 is 1.63 bits per heavy atom. The predicted octanol–water partition coefficient (Wildman–Crippen LogP) is 4.60. The van der Waals surface area contributed by atoms with Crippen molar-refractivity contribution in [1.82, 2.24) is 0 Å². The molecule has 0 saturated carbocycles. The van der Waals surface area contributed by atoms with Gasteiger partial charge in [-0.15, -0.1) is 0 Å². The molecule has 0 bridgehead atoms. The van der Waals surface area contributed by atoms with Crippen LogP contribution < -0.4 is 0 Å². The first kappa shape index (κ1) is 14.4. The van der Waals surface area contributed by atoms with Crippen LogP contribution in [0.5, 0.6) is 0 Å². The summed E-state index contributed by atoms with van der Waals surface area (Å²) in [6.45, 7) is 0. The molecule has 0 heterocycles. The van der Waals surface area contributed by atoms with E-state index >= 15 is 0 Å². The molecule has 0 spiro atoms. The molecule has 0 fully saturated rings. The zero-order valence-corrected chi connectivity index (χ0v) is 11.6. The molecule has 2 aromatic rings. The number of aliphatic hydroxyl groups is 1. The summed E-state index contributed by atoms with van der Waals surface area (Å²) < 4.78 is 40.8. The zero-order chi connectivity index (χ0) is 14.2. The van der Waals surface area contributed by atoms with Gasteiger partial charge in [0.05, 0.1) is 5.02 Å². The zero-order valence-electron chi connectivity index (χ0n) is 9.30. The summed E-state index contributed by atoms with van der Waals surface area (Å²) in [5.41, 5.74) is -0.574. The molecule has 1 nitrogen and oxygen atoms in total. The quantitative estimate of drug-likeness (QED) is 0.784. The van der Waals surface area contributed by atoms with Gasteiger partial charge in [0.1, 0.15) is 11.9 Å². The fourth-order valence-corrected chi connectivity index (χ4v) is 2.13. The molecule has 6 heteroatoms. The molecule has 0 aliphatic carbocycles. The normalized spacial score (nSPS) is 12.5. The van der Waals surface area contributed by atoms with Crippen molar-refractivity contribution in [2.24, 2.45) is 0 Å². The lowest BCUT2D eigenvalue weighted by atomic mass is 10.0. The van der Waals surface area contributed by atoms with Gasteiger partial charge >= 0.3 is 0 Å². The number of halogens is 5. The van der Waals surface area contributed by atoms with Crippen molar-refractivity contribution in [3.05, 3.63) is 68.4 Å². The fraction of sp³-hybridized carbons (Fsp3) is 0.0769. The van der Waals surface area contributed by atoms with Crippen LogP contribution in [0.3, 0.4) is 0 Å². The molecular formula is C13H7BrClF3O. The molecular weight excluding hydrogens is 344 g/mol. The van der Waals surface area contributed by atoms with Crippen LogP contribution >= 0.6 is 27.5 Å². The van der Waals surface area contributed by atoms with E-state index in [4.69, 9.17) is 11.6 Å². The number of benzene rings is 2. The number of rotatable bonds is 2. The van der Waals surface area contributed by atoms with Crippen molar-refractivity contribution in [3.8, 4) is 0 Å². The molecule has 0 radical (unpaired) electrons. The molecule has 2 rings (SSSR count). The molecule has 0 amide bonds. The van der Waals surface area contributed by atoms with E-state index in [1.54, 1.807) is 0 Å². The third-order valence-electron chi connectivity index (χ3n) is 2.64. The van der Waals surface area contributed by atoms with Crippen molar-refractivity contribution in [2.75, 3.05) is 0 Å². The van der Waals surface area contributed by atoms with E-state index in [9.17, 15) is 18.3 Å². The predicted molar refractivity (Wildman–Crippen MR) is 69.5 cm³/mol. The average molecular weight is 352 g/mol. The third kappa shape index (κ3) is 2.63. The second-order valence-electron chi connectivity index (χ2n) is 3.81. The van der Waals surface area contributed by atoms with Gasteiger partial charge in [-0.3, -0.25) is 0 Å². The van der Waals surface area contributed by atoms with E-state index in [0.717, 1.165) is 6.07 Å². The van der Waals surface area contributed by atoms with Crippen molar-refractivity contribution >= 4 is 27.5 Å². The summed E-state index contributed by atoms with van der Waals surface area (Å²) in [4.78, 5) is 0. The van der Waals surface area contributed by atoms with Crippen LogP contribution in [0.2, 0.25) is 5.02 Å². The van der Waals surface area contributed by atoms with Crippen molar-refractivity contribution in [1.29, 1.82) is 0 Å². The first-order chi connectivity index (χ1) is 8.93. The smallest absolute Gasteiger partial charge is 0.164 e. The SMILES string of the molecule is OC(c1cccc(F)c1F)c1ccc(Br)c(Cl)c1F.